The minimum atomic E-state index is -0.370. The average Bonchev–Trinajstić information content (AvgIpc) is 3.21. The molecule has 2 aromatic rings. The Bertz CT molecular complexity index is 944. The van der Waals surface area contributed by atoms with Gasteiger partial charge in [-0.1, -0.05) is 18.2 Å². The number of nitrogens with zero attached hydrogens (tertiary/aromatic N) is 3. The Morgan fingerprint density at radius 3 is 2.88 bits per heavy atom. The summed E-state index contributed by atoms with van der Waals surface area (Å²) in [5.41, 5.74) is 1.26. The second-order valence-electron chi connectivity index (χ2n) is 7.29. The number of aromatic nitrogens is 2. The van der Waals surface area contributed by atoms with E-state index in [0.717, 1.165) is 5.56 Å². The van der Waals surface area contributed by atoms with Gasteiger partial charge >= 0.3 is 5.97 Å². The maximum atomic E-state index is 12.8. The predicted molar refractivity (Wildman–Crippen MR) is 115 cm³/mol. The van der Waals surface area contributed by atoms with Gasteiger partial charge in [0.25, 0.3) is 0 Å². The number of amides is 2. The van der Waals surface area contributed by atoms with Crippen LogP contribution in [0.5, 0.6) is 5.75 Å². The SMILES string of the molecule is CCOC(=O)CC1COCCN1C(=O)Cn1cc(NC(=O)Cc2ccccc2OC)cn1. The lowest BCUT2D eigenvalue weighted by atomic mass is 10.1. The van der Waals surface area contributed by atoms with Gasteiger partial charge in [0.15, 0.2) is 0 Å². The van der Waals surface area contributed by atoms with E-state index in [2.05, 4.69) is 10.4 Å². The van der Waals surface area contributed by atoms with E-state index in [1.165, 1.54) is 10.9 Å². The standard InChI is InChI=1S/C22H28N4O6/c1-3-32-22(29)11-18-15-31-9-8-26(18)21(28)14-25-13-17(12-23-25)24-20(27)10-16-6-4-5-7-19(16)30-2/h4-7,12-13,18H,3,8-11,14-15H2,1-2H3,(H,24,27). The predicted octanol–water partition coefficient (Wildman–Crippen LogP) is 1.25. The number of benzene rings is 1. The first kappa shape index (κ1) is 23.3. The number of nitrogens with one attached hydrogen (secondary N) is 1. The smallest absolute Gasteiger partial charge is 0.307 e. The molecule has 0 aliphatic carbocycles. The molecule has 1 aliphatic rings. The van der Waals surface area contributed by atoms with Gasteiger partial charge in [-0.2, -0.15) is 5.10 Å². The fraction of sp³-hybridized carbons (Fsp3) is 0.455. The monoisotopic (exact) mass is 444 g/mol. The second kappa shape index (κ2) is 11.3. The van der Waals surface area contributed by atoms with Crippen LogP contribution in [0.25, 0.3) is 0 Å². The molecule has 1 fully saturated rings. The van der Waals surface area contributed by atoms with Crippen LogP contribution < -0.4 is 10.1 Å². The van der Waals surface area contributed by atoms with Gasteiger partial charge in [-0.3, -0.25) is 19.1 Å². The van der Waals surface area contributed by atoms with Crippen molar-refractivity contribution in [3.63, 3.8) is 0 Å². The van der Waals surface area contributed by atoms with E-state index >= 15 is 0 Å². The summed E-state index contributed by atoms with van der Waals surface area (Å²) in [4.78, 5) is 38.7. The zero-order chi connectivity index (χ0) is 22.9. The molecule has 10 nitrogen and oxygen atoms in total. The first-order valence-corrected chi connectivity index (χ1v) is 10.5. The van der Waals surface area contributed by atoms with Crippen molar-refractivity contribution >= 4 is 23.5 Å². The summed E-state index contributed by atoms with van der Waals surface area (Å²) >= 11 is 0. The van der Waals surface area contributed by atoms with Gasteiger partial charge in [0.2, 0.25) is 11.8 Å². The molecule has 32 heavy (non-hydrogen) atoms. The summed E-state index contributed by atoms with van der Waals surface area (Å²) < 4.78 is 17.1. The van der Waals surface area contributed by atoms with Crippen LogP contribution in [0.1, 0.15) is 18.9 Å². The summed E-state index contributed by atoms with van der Waals surface area (Å²) in [6, 6.07) is 6.94. The van der Waals surface area contributed by atoms with Gasteiger partial charge in [0.1, 0.15) is 12.3 Å². The molecule has 1 atom stereocenters. The number of esters is 1. The third-order valence-corrected chi connectivity index (χ3v) is 5.01. The second-order valence-corrected chi connectivity index (χ2v) is 7.29. The van der Waals surface area contributed by atoms with Crippen LogP contribution in [0.4, 0.5) is 5.69 Å². The Labute approximate surface area is 186 Å². The van der Waals surface area contributed by atoms with E-state index in [9.17, 15) is 14.4 Å². The zero-order valence-electron chi connectivity index (χ0n) is 18.3. The minimum absolute atomic E-state index is 0.0122. The van der Waals surface area contributed by atoms with Crippen LogP contribution in [0.2, 0.25) is 0 Å². The molecule has 1 aromatic carbocycles. The first-order valence-electron chi connectivity index (χ1n) is 10.5. The van der Waals surface area contributed by atoms with E-state index < -0.39 is 0 Å². The van der Waals surface area contributed by atoms with Crippen molar-refractivity contribution in [2.24, 2.45) is 0 Å². The van der Waals surface area contributed by atoms with Crippen molar-refractivity contribution in [2.75, 3.05) is 38.8 Å². The number of hydrogen-bond acceptors (Lipinski definition) is 7. The molecular weight excluding hydrogens is 416 g/mol. The van der Waals surface area contributed by atoms with Crippen LogP contribution in [0.3, 0.4) is 0 Å². The van der Waals surface area contributed by atoms with Gasteiger partial charge in [-0.15, -0.1) is 0 Å². The maximum Gasteiger partial charge on any atom is 0.307 e. The van der Waals surface area contributed by atoms with Crippen LogP contribution in [-0.4, -0.2) is 72.0 Å². The minimum Gasteiger partial charge on any atom is -0.496 e. The zero-order valence-corrected chi connectivity index (χ0v) is 18.3. The third kappa shape index (κ3) is 6.30. The summed E-state index contributed by atoms with van der Waals surface area (Å²) in [5, 5.41) is 6.95. The number of anilines is 1. The Balaban J connectivity index is 1.56. The van der Waals surface area contributed by atoms with Crippen molar-refractivity contribution in [1.29, 1.82) is 0 Å². The molecule has 1 unspecified atom stereocenters. The highest BCUT2D eigenvalue weighted by atomic mass is 16.5. The van der Waals surface area contributed by atoms with Gasteiger partial charge in [0, 0.05) is 18.3 Å². The maximum absolute atomic E-state index is 12.8. The lowest BCUT2D eigenvalue weighted by molar-refractivity contribution is -0.150. The molecule has 10 heteroatoms. The van der Waals surface area contributed by atoms with Crippen molar-refractivity contribution < 1.29 is 28.6 Å². The summed E-state index contributed by atoms with van der Waals surface area (Å²) in [6.07, 6.45) is 3.32. The number of ether oxygens (including phenoxy) is 3. The number of para-hydroxylation sites is 1. The van der Waals surface area contributed by atoms with Crippen LogP contribution in [-0.2, 0) is 36.8 Å². The number of morpholine rings is 1. The van der Waals surface area contributed by atoms with Crippen molar-refractivity contribution in [2.45, 2.75) is 32.4 Å². The van der Waals surface area contributed by atoms with Crippen molar-refractivity contribution in [3.05, 3.63) is 42.2 Å². The number of methoxy groups -OCH3 is 1. The highest BCUT2D eigenvalue weighted by Crippen LogP contribution is 2.18. The fourth-order valence-electron chi connectivity index (χ4n) is 3.54. The molecule has 1 aliphatic heterocycles. The molecule has 0 saturated carbocycles. The molecule has 1 aromatic heterocycles. The number of carbonyl (C=O) groups excluding carboxylic acids is 3. The summed E-state index contributed by atoms with van der Waals surface area (Å²) in [5.74, 6) is -0.118. The lowest BCUT2D eigenvalue weighted by Gasteiger charge is -2.35. The molecule has 2 amide bonds. The molecule has 2 heterocycles. The number of rotatable bonds is 9. The molecule has 0 bridgehead atoms. The van der Waals surface area contributed by atoms with E-state index in [1.54, 1.807) is 31.2 Å². The van der Waals surface area contributed by atoms with E-state index in [1.807, 2.05) is 18.2 Å². The van der Waals surface area contributed by atoms with E-state index in [-0.39, 0.29) is 49.8 Å². The molecule has 1 saturated heterocycles. The van der Waals surface area contributed by atoms with Crippen LogP contribution >= 0.6 is 0 Å². The number of carbonyl (C=O) groups is 3. The highest BCUT2D eigenvalue weighted by molar-refractivity contribution is 5.92. The average molecular weight is 444 g/mol. The topological polar surface area (TPSA) is 112 Å². The molecule has 0 radical (unpaired) electrons. The Kier molecular flexibility index (Phi) is 8.20. The lowest BCUT2D eigenvalue weighted by Crippen LogP contribution is -2.50. The summed E-state index contributed by atoms with van der Waals surface area (Å²) in [7, 11) is 1.56. The van der Waals surface area contributed by atoms with Crippen LogP contribution in [0, 0.1) is 0 Å². The molecular formula is C22H28N4O6. The van der Waals surface area contributed by atoms with Crippen molar-refractivity contribution in [3.8, 4) is 5.75 Å². The molecule has 1 N–H and O–H groups in total. The highest BCUT2D eigenvalue weighted by Gasteiger charge is 2.29. The van der Waals surface area contributed by atoms with Gasteiger partial charge in [-0.25, -0.2) is 0 Å². The van der Waals surface area contributed by atoms with Crippen molar-refractivity contribution in [1.82, 2.24) is 14.7 Å². The van der Waals surface area contributed by atoms with Gasteiger partial charge in [0.05, 0.1) is 57.7 Å². The Morgan fingerprint density at radius 1 is 1.28 bits per heavy atom. The fourth-order valence-corrected chi connectivity index (χ4v) is 3.54. The molecule has 0 spiro atoms. The van der Waals surface area contributed by atoms with Gasteiger partial charge < -0.3 is 24.4 Å². The Morgan fingerprint density at radius 2 is 2.09 bits per heavy atom. The molecule has 172 valence electrons. The Hall–Kier alpha value is -3.40. The van der Waals surface area contributed by atoms with Crippen LogP contribution in [0.15, 0.2) is 36.7 Å². The molecule has 3 rings (SSSR count). The quantitative estimate of drug-likeness (QED) is 0.580. The normalized spacial score (nSPS) is 15.8. The summed E-state index contributed by atoms with van der Waals surface area (Å²) in [6.45, 7) is 3.11. The first-order chi connectivity index (χ1) is 15.5. The van der Waals surface area contributed by atoms with E-state index in [4.69, 9.17) is 14.2 Å². The van der Waals surface area contributed by atoms with E-state index in [0.29, 0.717) is 31.2 Å². The number of hydrogen-bond donors (Lipinski definition) is 1. The largest absolute Gasteiger partial charge is 0.496 e. The third-order valence-electron chi connectivity index (χ3n) is 5.01. The van der Waals surface area contributed by atoms with Gasteiger partial charge in [-0.05, 0) is 13.0 Å².